The molecule has 0 radical (unpaired) electrons. The number of fused-ring (bicyclic) bond motifs is 1. The summed E-state index contributed by atoms with van der Waals surface area (Å²) in [6.07, 6.45) is 0. The smallest absolute Gasteiger partial charge is 0.120 e. The molecular formula is C8H8BrNO. The molecule has 1 aromatic carbocycles. The Kier molecular flexibility index (Phi) is 1.62. The van der Waals surface area contributed by atoms with Crippen LogP contribution in [0.5, 0.6) is 5.75 Å². The third-order valence-electron chi connectivity index (χ3n) is 1.95. The van der Waals surface area contributed by atoms with E-state index in [-0.39, 0.29) is 0 Å². The van der Waals surface area contributed by atoms with E-state index in [2.05, 4.69) is 21.2 Å². The second kappa shape index (κ2) is 2.50. The number of rotatable bonds is 0. The lowest BCUT2D eigenvalue weighted by Crippen LogP contribution is -2.00. The molecule has 0 atom stereocenters. The molecule has 58 valence electrons. The second-order valence-corrected chi connectivity index (χ2v) is 3.48. The minimum Gasteiger partial charge on any atom is -0.508 e. The van der Waals surface area contributed by atoms with Gasteiger partial charge in [-0.3, -0.25) is 0 Å². The highest BCUT2D eigenvalue weighted by Gasteiger charge is 2.15. The van der Waals surface area contributed by atoms with Crippen LogP contribution in [0, 0.1) is 0 Å². The number of aromatic hydroxyl groups is 1. The highest BCUT2D eigenvalue weighted by Crippen LogP contribution is 2.30. The van der Waals surface area contributed by atoms with Gasteiger partial charge in [0.15, 0.2) is 0 Å². The maximum Gasteiger partial charge on any atom is 0.120 e. The monoisotopic (exact) mass is 213 g/mol. The van der Waals surface area contributed by atoms with Gasteiger partial charge in [-0.2, -0.15) is 0 Å². The average Bonchev–Trinajstić information content (AvgIpc) is 2.45. The normalized spacial score (nSPS) is 15.0. The molecule has 1 aromatic rings. The van der Waals surface area contributed by atoms with E-state index in [9.17, 15) is 5.11 Å². The molecule has 0 saturated carbocycles. The predicted octanol–water partition coefficient (Wildman–Crippen LogP) is 1.76. The SMILES string of the molecule is Oc1ccc(Br)c2c1CNC2. The zero-order valence-corrected chi connectivity index (χ0v) is 7.48. The van der Waals surface area contributed by atoms with Crippen LogP contribution in [-0.2, 0) is 13.1 Å². The minimum absolute atomic E-state index is 0.396. The summed E-state index contributed by atoms with van der Waals surface area (Å²) >= 11 is 3.43. The Hall–Kier alpha value is -0.540. The van der Waals surface area contributed by atoms with Crippen molar-refractivity contribution in [3.8, 4) is 5.75 Å². The van der Waals surface area contributed by atoms with Crippen molar-refractivity contribution in [2.45, 2.75) is 13.1 Å². The van der Waals surface area contributed by atoms with Crippen molar-refractivity contribution in [3.63, 3.8) is 0 Å². The standard InChI is InChI=1S/C8H8BrNO/c9-7-1-2-8(11)6-4-10-3-5(6)7/h1-2,10-11H,3-4H2. The Morgan fingerprint density at radius 2 is 2.00 bits per heavy atom. The van der Waals surface area contributed by atoms with Crippen LogP contribution in [-0.4, -0.2) is 5.11 Å². The van der Waals surface area contributed by atoms with Crippen molar-refractivity contribution >= 4 is 15.9 Å². The molecule has 0 spiro atoms. The molecule has 0 bridgehead atoms. The van der Waals surface area contributed by atoms with Crippen LogP contribution < -0.4 is 5.32 Å². The number of benzene rings is 1. The molecular weight excluding hydrogens is 206 g/mol. The first kappa shape index (κ1) is 7.13. The van der Waals surface area contributed by atoms with Crippen molar-refractivity contribution in [1.82, 2.24) is 5.32 Å². The van der Waals surface area contributed by atoms with Gasteiger partial charge in [0, 0.05) is 23.1 Å². The van der Waals surface area contributed by atoms with Crippen molar-refractivity contribution in [3.05, 3.63) is 27.7 Å². The van der Waals surface area contributed by atoms with Crippen LogP contribution in [0.4, 0.5) is 0 Å². The molecule has 11 heavy (non-hydrogen) atoms. The highest BCUT2D eigenvalue weighted by molar-refractivity contribution is 9.10. The third-order valence-corrected chi connectivity index (χ3v) is 2.70. The van der Waals surface area contributed by atoms with E-state index in [1.807, 2.05) is 6.07 Å². The molecule has 0 aromatic heterocycles. The summed E-state index contributed by atoms with van der Waals surface area (Å²) in [5.41, 5.74) is 2.21. The summed E-state index contributed by atoms with van der Waals surface area (Å²) in [7, 11) is 0. The average molecular weight is 214 g/mol. The van der Waals surface area contributed by atoms with Crippen molar-refractivity contribution < 1.29 is 5.11 Å². The Balaban J connectivity index is 2.64. The molecule has 0 unspecified atom stereocenters. The van der Waals surface area contributed by atoms with Crippen molar-refractivity contribution in [1.29, 1.82) is 0 Å². The molecule has 2 rings (SSSR count). The van der Waals surface area contributed by atoms with Crippen molar-refractivity contribution in [2.24, 2.45) is 0 Å². The summed E-state index contributed by atoms with van der Waals surface area (Å²) in [6, 6.07) is 3.59. The first-order valence-electron chi connectivity index (χ1n) is 3.49. The molecule has 2 nitrogen and oxygen atoms in total. The molecule has 0 aliphatic carbocycles. The maximum absolute atomic E-state index is 9.39. The quantitative estimate of drug-likeness (QED) is 0.689. The molecule has 0 fully saturated rings. The summed E-state index contributed by atoms with van der Waals surface area (Å²) in [5, 5.41) is 12.6. The van der Waals surface area contributed by atoms with Gasteiger partial charge in [-0.1, -0.05) is 15.9 Å². The van der Waals surface area contributed by atoms with Gasteiger partial charge >= 0.3 is 0 Å². The van der Waals surface area contributed by atoms with Gasteiger partial charge in [-0.05, 0) is 17.7 Å². The van der Waals surface area contributed by atoms with Crippen LogP contribution in [0.2, 0.25) is 0 Å². The van der Waals surface area contributed by atoms with E-state index in [0.717, 1.165) is 23.1 Å². The fraction of sp³-hybridized carbons (Fsp3) is 0.250. The molecule has 1 heterocycles. The van der Waals surface area contributed by atoms with Gasteiger partial charge in [0.1, 0.15) is 5.75 Å². The van der Waals surface area contributed by atoms with Gasteiger partial charge in [-0.15, -0.1) is 0 Å². The first-order valence-corrected chi connectivity index (χ1v) is 4.28. The van der Waals surface area contributed by atoms with E-state index < -0.39 is 0 Å². The lowest BCUT2D eigenvalue weighted by molar-refractivity contribution is 0.468. The van der Waals surface area contributed by atoms with Crippen LogP contribution in [0.3, 0.4) is 0 Å². The first-order chi connectivity index (χ1) is 5.29. The van der Waals surface area contributed by atoms with Crippen LogP contribution in [0.15, 0.2) is 16.6 Å². The molecule has 1 aliphatic rings. The van der Waals surface area contributed by atoms with Crippen molar-refractivity contribution in [2.75, 3.05) is 0 Å². The topological polar surface area (TPSA) is 32.3 Å². The van der Waals surface area contributed by atoms with Gasteiger partial charge in [-0.25, -0.2) is 0 Å². The van der Waals surface area contributed by atoms with Gasteiger partial charge in [0.2, 0.25) is 0 Å². The minimum atomic E-state index is 0.396. The number of nitrogens with one attached hydrogen (secondary N) is 1. The Bertz CT molecular complexity index is 269. The van der Waals surface area contributed by atoms with Crippen LogP contribution >= 0.6 is 15.9 Å². The summed E-state index contributed by atoms with van der Waals surface area (Å²) in [4.78, 5) is 0. The largest absolute Gasteiger partial charge is 0.508 e. The van der Waals surface area contributed by atoms with Gasteiger partial charge < -0.3 is 10.4 Å². The Morgan fingerprint density at radius 1 is 1.27 bits per heavy atom. The zero-order valence-electron chi connectivity index (χ0n) is 5.89. The van der Waals surface area contributed by atoms with Crippen LogP contribution in [0.1, 0.15) is 11.1 Å². The fourth-order valence-electron chi connectivity index (χ4n) is 1.35. The zero-order chi connectivity index (χ0) is 7.84. The molecule has 0 saturated heterocycles. The summed E-state index contributed by atoms with van der Waals surface area (Å²) in [6.45, 7) is 1.63. The Morgan fingerprint density at radius 3 is 2.73 bits per heavy atom. The molecule has 3 heteroatoms. The molecule has 0 amide bonds. The lowest BCUT2D eigenvalue weighted by atomic mass is 10.1. The highest BCUT2D eigenvalue weighted by atomic mass is 79.9. The van der Waals surface area contributed by atoms with E-state index in [1.54, 1.807) is 6.07 Å². The van der Waals surface area contributed by atoms with E-state index >= 15 is 0 Å². The number of hydrogen-bond donors (Lipinski definition) is 2. The molecule has 2 N–H and O–H groups in total. The summed E-state index contributed by atoms with van der Waals surface area (Å²) in [5.74, 6) is 0.396. The van der Waals surface area contributed by atoms with Crippen LogP contribution in [0.25, 0.3) is 0 Å². The summed E-state index contributed by atoms with van der Waals surface area (Å²) < 4.78 is 1.08. The Labute approximate surface area is 73.4 Å². The second-order valence-electron chi connectivity index (χ2n) is 2.63. The number of phenolic OH excluding ortho intramolecular Hbond substituents is 1. The van der Waals surface area contributed by atoms with E-state index in [1.165, 1.54) is 5.56 Å². The fourth-order valence-corrected chi connectivity index (χ4v) is 1.86. The maximum atomic E-state index is 9.39. The number of hydrogen-bond acceptors (Lipinski definition) is 2. The number of phenols is 1. The lowest BCUT2D eigenvalue weighted by Gasteiger charge is -2.02. The predicted molar refractivity (Wildman–Crippen MR) is 46.4 cm³/mol. The van der Waals surface area contributed by atoms with E-state index in [0.29, 0.717) is 5.75 Å². The van der Waals surface area contributed by atoms with Gasteiger partial charge in [0.05, 0.1) is 0 Å². The molecule has 1 aliphatic heterocycles. The van der Waals surface area contributed by atoms with E-state index in [4.69, 9.17) is 0 Å². The third kappa shape index (κ3) is 1.04. The van der Waals surface area contributed by atoms with Gasteiger partial charge in [0.25, 0.3) is 0 Å². The number of halogens is 1.